The van der Waals surface area contributed by atoms with Crippen LogP contribution < -0.4 is 0 Å². The smallest absolute Gasteiger partial charge is 0.0353 e. The molecule has 0 radical (unpaired) electrons. The standard InChI is InChI=1S/C11H19N/c1-5-11(9(2)3)12-8-6-7-10(12)4/h6-9,11H,5H2,1-4H3. The third-order valence-electron chi connectivity index (χ3n) is 2.54. The molecule has 1 heterocycles. The minimum absolute atomic E-state index is 0.667. The molecule has 0 amide bonds. The molecule has 1 rings (SSSR count). The van der Waals surface area contributed by atoms with Crippen molar-refractivity contribution in [1.82, 2.24) is 4.57 Å². The molecule has 0 aliphatic carbocycles. The second-order valence-electron chi connectivity index (χ2n) is 3.78. The van der Waals surface area contributed by atoms with Crippen molar-refractivity contribution >= 4 is 0 Å². The van der Waals surface area contributed by atoms with Gasteiger partial charge in [0.05, 0.1) is 0 Å². The first-order chi connectivity index (χ1) is 5.66. The van der Waals surface area contributed by atoms with Crippen LogP contribution in [0.15, 0.2) is 18.3 Å². The van der Waals surface area contributed by atoms with Gasteiger partial charge in [0.15, 0.2) is 0 Å². The van der Waals surface area contributed by atoms with Crippen molar-refractivity contribution in [2.45, 2.75) is 40.2 Å². The van der Waals surface area contributed by atoms with Gasteiger partial charge in [0.2, 0.25) is 0 Å². The summed E-state index contributed by atoms with van der Waals surface area (Å²) in [5.74, 6) is 0.723. The summed E-state index contributed by atoms with van der Waals surface area (Å²) < 4.78 is 2.38. The largest absolute Gasteiger partial charge is 0.348 e. The molecule has 0 bridgehead atoms. The summed E-state index contributed by atoms with van der Waals surface area (Å²) in [6, 6.07) is 4.96. The summed E-state index contributed by atoms with van der Waals surface area (Å²) in [5, 5.41) is 0. The van der Waals surface area contributed by atoms with Gasteiger partial charge >= 0.3 is 0 Å². The van der Waals surface area contributed by atoms with E-state index in [1.54, 1.807) is 0 Å². The zero-order valence-corrected chi connectivity index (χ0v) is 8.54. The molecule has 0 fully saturated rings. The third-order valence-corrected chi connectivity index (χ3v) is 2.54. The maximum Gasteiger partial charge on any atom is 0.0353 e. The van der Waals surface area contributed by atoms with E-state index in [2.05, 4.69) is 50.6 Å². The Morgan fingerprint density at radius 2 is 2.08 bits per heavy atom. The Balaban J connectivity index is 2.87. The van der Waals surface area contributed by atoms with Gasteiger partial charge in [-0.3, -0.25) is 0 Å². The van der Waals surface area contributed by atoms with Crippen LogP contribution in [0, 0.1) is 12.8 Å². The summed E-state index contributed by atoms with van der Waals surface area (Å²) in [6.07, 6.45) is 3.40. The van der Waals surface area contributed by atoms with E-state index in [9.17, 15) is 0 Å². The lowest BCUT2D eigenvalue weighted by molar-refractivity contribution is 0.361. The minimum atomic E-state index is 0.667. The Hall–Kier alpha value is -0.720. The fraction of sp³-hybridized carbons (Fsp3) is 0.636. The predicted molar refractivity (Wildman–Crippen MR) is 53.3 cm³/mol. The molecular weight excluding hydrogens is 146 g/mol. The quantitative estimate of drug-likeness (QED) is 0.647. The lowest BCUT2D eigenvalue weighted by Gasteiger charge is -2.22. The van der Waals surface area contributed by atoms with Crippen LogP contribution >= 0.6 is 0 Å². The molecule has 1 aromatic heterocycles. The number of rotatable bonds is 3. The van der Waals surface area contributed by atoms with Crippen LogP contribution in [0.3, 0.4) is 0 Å². The summed E-state index contributed by atoms with van der Waals surface area (Å²) >= 11 is 0. The van der Waals surface area contributed by atoms with Crippen molar-refractivity contribution in [3.8, 4) is 0 Å². The minimum Gasteiger partial charge on any atom is -0.348 e. The Morgan fingerprint density at radius 3 is 2.42 bits per heavy atom. The van der Waals surface area contributed by atoms with Gasteiger partial charge in [0.1, 0.15) is 0 Å². The van der Waals surface area contributed by atoms with Gasteiger partial charge in [-0.15, -0.1) is 0 Å². The van der Waals surface area contributed by atoms with Gasteiger partial charge in [0, 0.05) is 17.9 Å². The van der Waals surface area contributed by atoms with E-state index in [1.807, 2.05) is 0 Å². The summed E-state index contributed by atoms with van der Waals surface area (Å²) in [7, 11) is 0. The highest BCUT2D eigenvalue weighted by molar-refractivity contribution is 5.06. The Morgan fingerprint density at radius 1 is 1.42 bits per heavy atom. The van der Waals surface area contributed by atoms with Gasteiger partial charge in [0.25, 0.3) is 0 Å². The number of aryl methyl sites for hydroxylation is 1. The predicted octanol–water partition coefficient (Wildman–Crippen LogP) is 3.40. The highest BCUT2D eigenvalue weighted by Crippen LogP contribution is 2.22. The summed E-state index contributed by atoms with van der Waals surface area (Å²) in [6.45, 7) is 9.00. The highest BCUT2D eigenvalue weighted by Gasteiger charge is 2.12. The van der Waals surface area contributed by atoms with Gasteiger partial charge in [-0.25, -0.2) is 0 Å². The molecule has 0 saturated carbocycles. The molecule has 1 unspecified atom stereocenters. The van der Waals surface area contributed by atoms with Crippen LogP contribution in [-0.2, 0) is 0 Å². The van der Waals surface area contributed by atoms with Crippen LogP contribution in [0.25, 0.3) is 0 Å². The summed E-state index contributed by atoms with van der Waals surface area (Å²) in [4.78, 5) is 0. The van der Waals surface area contributed by atoms with Crippen LogP contribution in [0.5, 0.6) is 0 Å². The molecule has 0 N–H and O–H groups in total. The van der Waals surface area contributed by atoms with E-state index in [0.717, 1.165) is 5.92 Å². The number of nitrogens with zero attached hydrogens (tertiary/aromatic N) is 1. The van der Waals surface area contributed by atoms with E-state index < -0.39 is 0 Å². The normalized spacial score (nSPS) is 13.8. The van der Waals surface area contributed by atoms with E-state index in [1.165, 1.54) is 12.1 Å². The van der Waals surface area contributed by atoms with E-state index in [-0.39, 0.29) is 0 Å². The molecule has 1 atom stereocenters. The average molecular weight is 165 g/mol. The van der Waals surface area contributed by atoms with Crippen LogP contribution in [0.4, 0.5) is 0 Å². The maximum absolute atomic E-state index is 2.38. The van der Waals surface area contributed by atoms with Gasteiger partial charge in [-0.1, -0.05) is 20.8 Å². The van der Waals surface area contributed by atoms with Gasteiger partial charge < -0.3 is 4.57 Å². The number of hydrogen-bond donors (Lipinski definition) is 0. The molecule has 68 valence electrons. The average Bonchev–Trinajstić information content (AvgIpc) is 2.38. The maximum atomic E-state index is 2.38. The molecule has 1 heteroatoms. The van der Waals surface area contributed by atoms with Gasteiger partial charge in [-0.2, -0.15) is 0 Å². The van der Waals surface area contributed by atoms with Crippen molar-refractivity contribution in [2.24, 2.45) is 5.92 Å². The lowest BCUT2D eigenvalue weighted by Crippen LogP contribution is -2.14. The molecule has 1 aromatic rings. The lowest BCUT2D eigenvalue weighted by atomic mass is 10.0. The number of hydrogen-bond acceptors (Lipinski definition) is 0. The Labute approximate surface area is 75.4 Å². The Bertz CT molecular complexity index is 235. The zero-order chi connectivity index (χ0) is 9.14. The first-order valence-electron chi connectivity index (χ1n) is 4.80. The van der Waals surface area contributed by atoms with Crippen molar-refractivity contribution in [3.63, 3.8) is 0 Å². The van der Waals surface area contributed by atoms with Crippen molar-refractivity contribution in [3.05, 3.63) is 24.0 Å². The molecule has 0 spiro atoms. The second kappa shape index (κ2) is 3.79. The first kappa shape index (κ1) is 9.37. The van der Waals surface area contributed by atoms with Crippen LogP contribution in [-0.4, -0.2) is 4.57 Å². The number of aromatic nitrogens is 1. The fourth-order valence-electron chi connectivity index (χ4n) is 1.84. The molecular formula is C11H19N. The highest BCUT2D eigenvalue weighted by atomic mass is 15.0. The third kappa shape index (κ3) is 1.71. The van der Waals surface area contributed by atoms with Crippen molar-refractivity contribution < 1.29 is 0 Å². The molecule has 12 heavy (non-hydrogen) atoms. The van der Waals surface area contributed by atoms with Crippen molar-refractivity contribution in [2.75, 3.05) is 0 Å². The van der Waals surface area contributed by atoms with Crippen LogP contribution in [0.1, 0.15) is 38.9 Å². The van der Waals surface area contributed by atoms with Crippen LogP contribution in [0.2, 0.25) is 0 Å². The molecule has 0 aliphatic heterocycles. The van der Waals surface area contributed by atoms with E-state index >= 15 is 0 Å². The summed E-state index contributed by atoms with van der Waals surface area (Å²) in [5.41, 5.74) is 1.37. The second-order valence-corrected chi connectivity index (χ2v) is 3.78. The SMILES string of the molecule is CCC(C(C)C)n1cccc1C. The van der Waals surface area contributed by atoms with E-state index in [0.29, 0.717) is 6.04 Å². The molecule has 0 aromatic carbocycles. The van der Waals surface area contributed by atoms with Gasteiger partial charge in [-0.05, 0) is 31.4 Å². The molecule has 0 aliphatic rings. The zero-order valence-electron chi connectivity index (χ0n) is 8.54. The monoisotopic (exact) mass is 165 g/mol. The van der Waals surface area contributed by atoms with E-state index in [4.69, 9.17) is 0 Å². The topological polar surface area (TPSA) is 4.93 Å². The first-order valence-corrected chi connectivity index (χ1v) is 4.80. The Kier molecular flexibility index (Phi) is 2.96. The van der Waals surface area contributed by atoms with Crippen molar-refractivity contribution in [1.29, 1.82) is 0 Å². The molecule has 1 nitrogen and oxygen atoms in total. The fourth-order valence-corrected chi connectivity index (χ4v) is 1.84. The molecule has 0 saturated heterocycles.